The molecule has 2 N–H and O–H groups in total. The number of ether oxygens (including phenoxy) is 3. The van der Waals surface area contributed by atoms with E-state index in [9.17, 15) is 9.59 Å². The van der Waals surface area contributed by atoms with Crippen molar-refractivity contribution in [1.82, 2.24) is 14.8 Å². The highest BCUT2D eigenvalue weighted by molar-refractivity contribution is 7.98. The van der Waals surface area contributed by atoms with Crippen LogP contribution in [0.3, 0.4) is 0 Å². The highest BCUT2D eigenvalue weighted by Gasteiger charge is 2.28. The van der Waals surface area contributed by atoms with E-state index in [1.807, 2.05) is 35.8 Å². The second-order valence-corrected chi connectivity index (χ2v) is 8.74. The molecule has 3 rings (SSSR count). The summed E-state index contributed by atoms with van der Waals surface area (Å²) in [7, 11) is 4.18. The van der Waals surface area contributed by atoms with Crippen LogP contribution in [0.15, 0.2) is 29.4 Å². The summed E-state index contributed by atoms with van der Waals surface area (Å²) < 4.78 is 16.9. The molecule has 0 amide bonds. The Morgan fingerprint density at radius 3 is 2.56 bits per heavy atom. The number of nitrogen functional groups attached to an aromatic ring is 1. The lowest BCUT2D eigenvalue weighted by Gasteiger charge is -2.11. The number of nitrogens with zero attached hydrogens (tertiary/aromatic N) is 3. The molecule has 0 radical (unpaired) electrons. The van der Waals surface area contributed by atoms with Gasteiger partial charge in [-0.1, -0.05) is 35.5 Å². The van der Waals surface area contributed by atoms with E-state index in [2.05, 4.69) is 10.2 Å². The van der Waals surface area contributed by atoms with Crippen LogP contribution in [0.4, 0.5) is 5.00 Å². The molecular weight excluding hydrogens is 452 g/mol. The highest BCUT2D eigenvalue weighted by Crippen LogP contribution is 2.36. The zero-order chi connectivity index (χ0) is 23.3. The number of hydrogen-bond donors (Lipinski definition) is 1. The maximum atomic E-state index is 12.3. The number of aryl methyl sites for hydroxylation is 1. The molecule has 0 bridgehead atoms. The summed E-state index contributed by atoms with van der Waals surface area (Å²) in [5.74, 6) is -0.208. The normalized spacial score (nSPS) is 10.9. The van der Waals surface area contributed by atoms with Gasteiger partial charge in [-0.3, -0.25) is 4.57 Å². The van der Waals surface area contributed by atoms with Gasteiger partial charge in [-0.15, -0.1) is 21.5 Å². The maximum Gasteiger partial charge on any atom is 0.348 e. The predicted octanol–water partition coefficient (Wildman–Crippen LogP) is 3.41. The lowest BCUT2D eigenvalue weighted by molar-refractivity contribution is 0.0601. The molecular formula is C21H24N4O5S2. The minimum Gasteiger partial charge on any atom is -0.465 e. The third kappa shape index (κ3) is 4.95. The molecule has 0 atom stereocenters. The fourth-order valence-corrected chi connectivity index (χ4v) is 5.20. The Hall–Kier alpha value is -2.89. The number of benzene rings is 1. The van der Waals surface area contributed by atoms with Crippen molar-refractivity contribution in [2.75, 3.05) is 33.7 Å². The number of rotatable bonds is 9. The SMILES string of the molecule is COCCn1c(SCc2c(C(=O)OC)sc(N)c2C(=O)OC)nnc1-c1cccc(C)c1. The molecule has 0 aliphatic heterocycles. The summed E-state index contributed by atoms with van der Waals surface area (Å²) in [6.07, 6.45) is 0. The monoisotopic (exact) mass is 476 g/mol. The summed E-state index contributed by atoms with van der Waals surface area (Å²) >= 11 is 2.34. The number of methoxy groups -OCH3 is 3. The quantitative estimate of drug-likeness (QED) is 0.366. The molecule has 32 heavy (non-hydrogen) atoms. The average molecular weight is 477 g/mol. The van der Waals surface area contributed by atoms with Gasteiger partial charge in [0.25, 0.3) is 0 Å². The molecule has 9 nitrogen and oxygen atoms in total. The van der Waals surface area contributed by atoms with Gasteiger partial charge >= 0.3 is 11.9 Å². The Labute approximate surface area is 193 Å². The standard InChI is InChI=1S/C21H24N4O5S2/c1-12-6-5-7-13(10-12)18-23-24-21(25(18)8-9-28-2)31-11-14-15(19(26)29-3)17(22)32-16(14)20(27)30-4/h5-7,10H,8-9,11,22H2,1-4H3. The van der Waals surface area contributed by atoms with Gasteiger partial charge in [0.15, 0.2) is 11.0 Å². The van der Waals surface area contributed by atoms with Crippen molar-refractivity contribution in [2.45, 2.75) is 24.4 Å². The minimum absolute atomic E-state index is 0.173. The Kier molecular flexibility index (Phi) is 7.89. The zero-order valence-electron chi connectivity index (χ0n) is 18.2. The summed E-state index contributed by atoms with van der Waals surface area (Å²) in [6.45, 7) is 3.02. The van der Waals surface area contributed by atoms with E-state index in [1.54, 1.807) is 7.11 Å². The Bertz CT molecular complexity index is 1130. The van der Waals surface area contributed by atoms with Crippen molar-refractivity contribution < 1.29 is 23.8 Å². The number of esters is 2. The number of carbonyl (C=O) groups excluding carboxylic acids is 2. The van der Waals surface area contributed by atoms with E-state index >= 15 is 0 Å². The van der Waals surface area contributed by atoms with Crippen LogP contribution >= 0.6 is 23.1 Å². The van der Waals surface area contributed by atoms with Gasteiger partial charge < -0.3 is 19.9 Å². The van der Waals surface area contributed by atoms with Gasteiger partial charge in [-0.05, 0) is 13.0 Å². The Balaban J connectivity index is 1.98. The fourth-order valence-electron chi connectivity index (χ4n) is 3.12. The Morgan fingerprint density at radius 1 is 1.16 bits per heavy atom. The smallest absolute Gasteiger partial charge is 0.348 e. The third-order valence-electron chi connectivity index (χ3n) is 4.65. The van der Waals surface area contributed by atoms with Crippen molar-refractivity contribution >= 4 is 40.0 Å². The first-order valence-electron chi connectivity index (χ1n) is 9.61. The number of thioether (sulfide) groups is 1. The molecule has 0 saturated heterocycles. The topological polar surface area (TPSA) is 119 Å². The first-order valence-corrected chi connectivity index (χ1v) is 11.4. The van der Waals surface area contributed by atoms with Crippen LogP contribution in [-0.4, -0.2) is 54.6 Å². The Morgan fingerprint density at radius 2 is 1.91 bits per heavy atom. The molecule has 1 aromatic carbocycles. The van der Waals surface area contributed by atoms with Crippen LogP contribution in [0.1, 0.15) is 31.2 Å². The van der Waals surface area contributed by atoms with Gasteiger partial charge in [-0.25, -0.2) is 9.59 Å². The van der Waals surface area contributed by atoms with Crippen LogP contribution in [0.2, 0.25) is 0 Å². The van der Waals surface area contributed by atoms with E-state index in [-0.39, 0.29) is 21.2 Å². The number of carbonyl (C=O) groups is 2. The maximum absolute atomic E-state index is 12.3. The van der Waals surface area contributed by atoms with Crippen LogP contribution < -0.4 is 5.73 Å². The summed E-state index contributed by atoms with van der Waals surface area (Å²) in [6, 6.07) is 7.98. The summed E-state index contributed by atoms with van der Waals surface area (Å²) in [4.78, 5) is 24.8. The molecule has 3 aromatic rings. The molecule has 2 aromatic heterocycles. The van der Waals surface area contributed by atoms with Crippen molar-refractivity contribution in [3.63, 3.8) is 0 Å². The van der Waals surface area contributed by atoms with Crippen LogP contribution in [-0.2, 0) is 26.5 Å². The van der Waals surface area contributed by atoms with Crippen molar-refractivity contribution in [3.05, 3.63) is 45.8 Å². The first kappa shape index (κ1) is 23.8. The zero-order valence-corrected chi connectivity index (χ0v) is 19.8. The van der Waals surface area contributed by atoms with Crippen molar-refractivity contribution in [1.29, 1.82) is 0 Å². The second-order valence-electron chi connectivity index (χ2n) is 6.74. The third-order valence-corrected chi connectivity index (χ3v) is 6.69. The van der Waals surface area contributed by atoms with Gasteiger partial charge in [0.1, 0.15) is 9.88 Å². The number of aromatic nitrogens is 3. The molecule has 0 aliphatic carbocycles. The number of hydrogen-bond acceptors (Lipinski definition) is 10. The van der Waals surface area contributed by atoms with Gasteiger partial charge in [0.05, 0.1) is 32.9 Å². The molecule has 2 heterocycles. The molecule has 0 aliphatic rings. The van der Waals surface area contributed by atoms with E-state index in [0.29, 0.717) is 29.7 Å². The van der Waals surface area contributed by atoms with Crippen LogP contribution in [0.25, 0.3) is 11.4 Å². The minimum atomic E-state index is -0.606. The van der Waals surface area contributed by atoms with Crippen molar-refractivity contribution in [3.8, 4) is 11.4 Å². The van der Waals surface area contributed by atoms with E-state index < -0.39 is 11.9 Å². The molecule has 0 unspecified atom stereocenters. The van der Waals surface area contributed by atoms with Gasteiger partial charge in [-0.2, -0.15) is 0 Å². The van der Waals surface area contributed by atoms with Gasteiger partial charge in [0, 0.05) is 24.0 Å². The second kappa shape index (κ2) is 10.6. The average Bonchev–Trinajstić information content (AvgIpc) is 3.35. The first-order chi connectivity index (χ1) is 15.4. The molecule has 170 valence electrons. The van der Waals surface area contributed by atoms with E-state index in [0.717, 1.165) is 22.5 Å². The lowest BCUT2D eigenvalue weighted by Crippen LogP contribution is -2.10. The predicted molar refractivity (Wildman–Crippen MR) is 123 cm³/mol. The lowest BCUT2D eigenvalue weighted by atomic mass is 10.1. The summed E-state index contributed by atoms with van der Waals surface area (Å²) in [5.41, 5.74) is 8.69. The molecule has 0 spiro atoms. The molecule has 11 heteroatoms. The largest absolute Gasteiger partial charge is 0.465 e. The van der Waals surface area contributed by atoms with Gasteiger partial charge in [0.2, 0.25) is 0 Å². The summed E-state index contributed by atoms with van der Waals surface area (Å²) in [5, 5.41) is 9.55. The van der Waals surface area contributed by atoms with Crippen LogP contribution in [0, 0.1) is 6.92 Å². The number of nitrogens with two attached hydrogens (primary N) is 1. The molecule has 0 saturated carbocycles. The molecule has 0 fully saturated rings. The fraction of sp³-hybridized carbons (Fsp3) is 0.333. The number of anilines is 1. The van der Waals surface area contributed by atoms with E-state index in [1.165, 1.54) is 26.0 Å². The highest BCUT2D eigenvalue weighted by atomic mass is 32.2. The van der Waals surface area contributed by atoms with Crippen LogP contribution in [0.5, 0.6) is 0 Å². The number of thiophene rings is 1. The van der Waals surface area contributed by atoms with E-state index in [4.69, 9.17) is 19.9 Å². The van der Waals surface area contributed by atoms with Crippen molar-refractivity contribution in [2.24, 2.45) is 0 Å².